The van der Waals surface area contributed by atoms with E-state index in [-0.39, 0.29) is 18.3 Å². The fourth-order valence-corrected chi connectivity index (χ4v) is 2.05. The van der Waals surface area contributed by atoms with Crippen LogP contribution in [0.2, 0.25) is 0 Å². The number of hydrogen-bond acceptors (Lipinski definition) is 4. The number of amides is 2. The minimum absolute atomic E-state index is 0.0298. The molecule has 0 spiro atoms. The summed E-state index contributed by atoms with van der Waals surface area (Å²) in [7, 11) is -1.99. The second-order valence-electron chi connectivity index (χ2n) is 4.32. The molecule has 0 aliphatic heterocycles. The number of nitrogens with one attached hydrogen (secondary N) is 3. The molecule has 1 unspecified atom stereocenters. The number of carbonyl (C=O) groups is 1. The maximum Gasteiger partial charge on any atom is 0.319 e. The molecule has 0 fully saturated rings. The van der Waals surface area contributed by atoms with Gasteiger partial charge in [-0.2, -0.15) is 0 Å². The Morgan fingerprint density at radius 3 is 2.70 bits per heavy atom. The van der Waals surface area contributed by atoms with Gasteiger partial charge in [0.15, 0.2) is 0 Å². The van der Waals surface area contributed by atoms with Crippen molar-refractivity contribution in [1.82, 2.24) is 10.0 Å². The van der Waals surface area contributed by atoms with Crippen LogP contribution in [0.3, 0.4) is 0 Å². The van der Waals surface area contributed by atoms with E-state index >= 15 is 0 Å². The monoisotopic (exact) mass is 300 g/mol. The zero-order valence-electron chi connectivity index (χ0n) is 11.5. The van der Waals surface area contributed by atoms with Gasteiger partial charge in [-0.3, -0.25) is 0 Å². The van der Waals surface area contributed by atoms with Crippen LogP contribution in [-0.4, -0.2) is 33.8 Å². The highest BCUT2D eigenvalue weighted by Gasteiger charge is 2.08. The van der Waals surface area contributed by atoms with Gasteiger partial charge in [0.25, 0.3) is 0 Å². The smallest absolute Gasteiger partial charge is 0.319 e. The van der Waals surface area contributed by atoms with Crippen molar-refractivity contribution in [3.05, 3.63) is 29.8 Å². The van der Waals surface area contributed by atoms with E-state index in [0.29, 0.717) is 5.69 Å². The van der Waals surface area contributed by atoms with Gasteiger partial charge in [0.05, 0.1) is 5.75 Å². The van der Waals surface area contributed by atoms with Crippen LogP contribution in [0.5, 0.6) is 0 Å². The molecule has 0 aromatic heterocycles. The van der Waals surface area contributed by atoms with Crippen LogP contribution in [0.15, 0.2) is 24.3 Å². The molecule has 2 amide bonds. The lowest BCUT2D eigenvalue weighted by atomic mass is 10.1. The van der Waals surface area contributed by atoms with Crippen molar-refractivity contribution in [1.29, 1.82) is 0 Å². The number of benzene rings is 1. The highest BCUT2D eigenvalue weighted by atomic mass is 32.2. The third kappa shape index (κ3) is 5.55. The zero-order valence-corrected chi connectivity index (χ0v) is 12.3. The number of urea groups is 1. The summed E-state index contributed by atoms with van der Waals surface area (Å²) < 4.78 is 24.5. The predicted octanol–water partition coefficient (Wildman–Crippen LogP) is 0.377. The molecule has 0 aliphatic carbocycles. The van der Waals surface area contributed by atoms with Gasteiger partial charge in [-0.05, 0) is 31.7 Å². The number of rotatable bonds is 6. The summed E-state index contributed by atoms with van der Waals surface area (Å²) in [5, 5.41) is 5.09. The molecule has 7 nitrogen and oxygen atoms in total. The molecule has 1 atom stereocenters. The second-order valence-corrected chi connectivity index (χ2v) is 6.36. The summed E-state index contributed by atoms with van der Waals surface area (Å²) in [6.07, 6.45) is 0. The van der Waals surface area contributed by atoms with Crippen LogP contribution in [-0.2, 0) is 10.0 Å². The average Bonchev–Trinajstić information content (AvgIpc) is 2.38. The Balaban J connectivity index is 2.49. The topological polar surface area (TPSA) is 113 Å². The number of sulfonamides is 1. The van der Waals surface area contributed by atoms with Crippen molar-refractivity contribution < 1.29 is 13.2 Å². The first-order chi connectivity index (χ1) is 9.34. The van der Waals surface area contributed by atoms with Crippen LogP contribution in [0.25, 0.3) is 0 Å². The van der Waals surface area contributed by atoms with E-state index in [1.54, 1.807) is 18.2 Å². The maximum absolute atomic E-state index is 11.6. The van der Waals surface area contributed by atoms with Gasteiger partial charge in [-0.1, -0.05) is 12.1 Å². The van der Waals surface area contributed by atoms with E-state index in [9.17, 15) is 13.2 Å². The van der Waals surface area contributed by atoms with Crippen LogP contribution in [0, 0.1) is 0 Å². The van der Waals surface area contributed by atoms with Crippen molar-refractivity contribution in [2.24, 2.45) is 5.73 Å². The van der Waals surface area contributed by atoms with Gasteiger partial charge in [-0.15, -0.1) is 0 Å². The summed E-state index contributed by atoms with van der Waals surface area (Å²) >= 11 is 0. The molecule has 0 radical (unpaired) electrons. The normalized spacial score (nSPS) is 12.8. The van der Waals surface area contributed by atoms with Crippen LogP contribution >= 0.6 is 0 Å². The molecule has 0 heterocycles. The molecule has 5 N–H and O–H groups in total. The van der Waals surface area contributed by atoms with E-state index in [4.69, 9.17) is 5.73 Å². The van der Waals surface area contributed by atoms with Gasteiger partial charge in [0, 0.05) is 18.3 Å². The van der Waals surface area contributed by atoms with Crippen molar-refractivity contribution >= 4 is 21.7 Å². The lowest BCUT2D eigenvalue weighted by Gasteiger charge is -2.10. The number of anilines is 1. The maximum atomic E-state index is 11.6. The first-order valence-electron chi connectivity index (χ1n) is 6.15. The SMILES string of the molecule is CNS(=O)(=O)CCNC(=O)Nc1cccc(C(C)N)c1. The molecule has 0 saturated carbocycles. The summed E-state index contributed by atoms with van der Waals surface area (Å²) in [5.74, 6) is -0.170. The lowest BCUT2D eigenvalue weighted by molar-refractivity contribution is 0.252. The molecule has 0 bridgehead atoms. The van der Waals surface area contributed by atoms with Crippen LogP contribution < -0.4 is 21.1 Å². The van der Waals surface area contributed by atoms with E-state index in [1.807, 2.05) is 13.0 Å². The fourth-order valence-electron chi connectivity index (χ4n) is 1.48. The predicted molar refractivity (Wildman–Crippen MR) is 78.9 cm³/mol. The molecule has 1 aromatic carbocycles. The summed E-state index contributed by atoms with van der Waals surface area (Å²) in [5.41, 5.74) is 7.26. The van der Waals surface area contributed by atoms with Gasteiger partial charge in [-0.25, -0.2) is 17.9 Å². The number of carbonyl (C=O) groups excluding carboxylic acids is 1. The molecule has 1 rings (SSSR count). The van der Waals surface area contributed by atoms with Gasteiger partial charge >= 0.3 is 6.03 Å². The van der Waals surface area contributed by atoms with Gasteiger partial charge in [0.2, 0.25) is 10.0 Å². The van der Waals surface area contributed by atoms with E-state index in [1.165, 1.54) is 7.05 Å². The van der Waals surface area contributed by atoms with Crippen molar-refractivity contribution in [2.75, 3.05) is 24.7 Å². The molecule has 0 aliphatic rings. The third-order valence-electron chi connectivity index (χ3n) is 2.64. The molecule has 112 valence electrons. The third-order valence-corrected chi connectivity index (χ3v) is 4.00. The minimum Gasteiger partial charge on any atom is -0.337 e. The lowest BCUT2D eigenvalue weighted by Crippen LogP contribution is -2.35. The van der Waals surface area contributed by atoms with Gasteiger partial charge < -0.3 is 16.4 Å². The second kappa shape index (κ2) is 7.22. The van der Waals surface area contributed by atoms with Crippen molar-refractivity contribution in [3.63, 3.8) is 0 Å². The van der Waals surface area contributed by atoms with Crippen molar-refractivity contribution in [3.8, 4) is 0 Å². The number of nitrogens with two attached hydrogens (primary N) is 1. The number of hydrogen-bond donors (Lipinski definition) is 4. The standard InChI is InChI=1S/C12H20N4O3S/c1-9(13)10-4-3-5-11(8-10)16-12(17)15-6-7-20(18,19)14-2/h3-5,8-9,14H,6-7,13H2,1-2H3,(H2,15,16,17). The molecule has 1 aromatic rings. The quantitative estimate of drug-likeness (QED) is 0.608. The highest BCUT2D eigenvalue weighted by Crippen LogP contribution is 2.15. The van der Waals surface area contributed by atoms with Crippen molar-refractivity contribution in [2.45, 2.75) is 13.0 Å². The van der Waals surface area contributed by atoms with E-state index in [2.05, 4.69) is 15.4 Å². The summed E-state index contributed by atoms with van der Waals surface area (Å²) in [6, 6.07) is 6.58. The fraction of sp³-hybridized carbons (Fsp3) is 0.417. The molecule has 20 heavy (non-hydrogen) atoms. The Hall–Kier alpha value is -1.64. The molecular formula is C12H20N4O3S. The molecular weight excluding hydrogens is 280 g/mol. The molecule has 8 heteroatoms. The van der Waals surface area contributed by atoms with E-state index in [0.717, 1.165) is 5.56 Å². The van der Waals surface area contributed by atoms with E-state index < -0.39 is 16.1 Å². The Labute approximate surface area is 119 Å². The Kier molecular flexibility index (Phi) is 5.93. The highest BCUT2D eigenvalue weighted by molar-refractivity contribution is 7.89. The first-order valence-corrected chi connectivity index (χ1v) is 7.81. The summed E-state index contributed by atoms with van der Waals surface area (Å²) in [4.78, 5) is 11.6. The summed E-state index contributed by atoms with van der Waals surface area (Å²) in [6.45, 7) is 1.88. The first kappa shape index (κ1) is 16.4. The Morgan fingerprint density at radius 1 is 1.40 bits per heavy atom. The average molecular weight is 300 g/mol. The minimum atomic E-state index is -3.32. The molecule has 0 saturated heterocycles. The van der Waals surface area contributed by atoms with Crippen LogP contribution in [0.4, 0.5) is 10.5 Å². The van der Waals surface area contributed by atoms with Crippen LogP contribution in [0.1, 0.15) is 18.5 Å². The Morgan fingerprint density at radius 2 is 2.10 bits per heavy atom. The zero-order chi connectivity index (χ0) is 15.2. The van der Waals surface area contributed by atoms with Gasteiger partial charge in [0.1, 0.15) is 0 Å². The largest absolute Gasteiger partial charge is 0.337 e. The Bertz CT molecular complexity index is 558.